The monoisotopic (exact) mass is 178 g/mol. The van der Waals surface area contributed by atoms with Crippen molar-refractivity contribution in [3.8, 4) is 0 Å². The van der Waals surface area contributed by atoms with Gasteiger partial charge in [-0.1, -0.05) is 0 Å². The molecule has 0 aromatic carbocycles. The third-order valence-corrected chi connectivity index (χ3v) is 1.70. The van der Waals surface area contributed by atoms with E-state index in [0.717, 1.165) is 0 Å². The van der Waals surface area contributed by atoms with E-state index in [4.69, 9.17) is 15.3 Å². The van der Waals surface area contributed by atoms with E-state index in [0.29, 0.717) is 0 Å². The molecule has 6 heteroatoms. The van der Waals surface area contributed by atoms with Crippen molar-refractivity contribution in [2.24, 2.45) is 0 Å². The Hall–Kier alpha value is -0.690. The summed E-state index contributed by atoms with van der Waals surface area (Å²) >= 11 is 0. The maximum Gasteiger partial charge on any atom is 0.335 e. The summed E-state index contributed by atoms with van der Waals surface area (Å²) < 4.78 is 9.25. The molecule has 6 nitrogen and oxygen atoms in total. The summed E-state index contributed by atoms with van der Waals surface area (Å²) in [6, 6.07) is 0. The predicted octanol–water partition coefficient (Wildman–Crippen LogP) is -1.84. The van der Waals surface area contributed by atoms with Gasteiger partial charge in [-0.25, -0.2) is 4.79 Å². The number of rotatable bonds is 2. The first-order chi connectivity index (χ1) is 5.57. The zero-order valence-electron chi connectivity index (χ0n) is 6.38. The lowest BCUT2D eigenvalue weighted by Crippen LogP contribution is -2.36. The molecule has 0 aromatic rings. The van der Waals surface area contributed by atoms with Gasteiger partial charge in [-0.15, -0.1) is 0 Å². The predicted molar refractivity (Wildman–Crippen MR) is 35.3 cm³/mol. The zero-order valence-corrected chi connectivity index (χ0v) is 6.38. The molecular weight excluding hydrogens is 168 g/mol. The van der Waals surface area contributed by atoms with Gasteiger partial charge in [-0.05, 0) is 0 Å². The number of carboxylic acid groups (broad SMARTS) is 1. The molecule has 0 radical (unpaired) electrons. The number of aliphatic hydroxyl groups excluding tert-OH is 2. The number of carbonyl (C=O) groups is 1. The van der Waals surface area contributed by atoms with Crippen LogP contribution < -0.4 is 0 Å². The second-order valence-corrected chi connectivity index (χ2v) is 2.48. The number of methoxy groups -OCH3 is 1. The fourth-order valence-electron chi connectivity index (χ4n) is 1.04. The SMILES string of the molecule is COC1O[C@H](C(=O)O)[C@H](O)[C@H]1O. The third-order valence-electron chi connectivity index (χ3n) is 1.70. The lowest BCUT2D eigenvalue weighted by molar-refractivity contribution is -0.172. The minimum Gasteiger partial charge on any atom is -0.479 e. The molecule has 1 aliphatic rings. The Morgan fingerprint density at radius 2 is 2.00 bits per heavy atom. The van der Waals surface area contributed by atoms with Gasteiger partial charge in [0.2, 0.25) is 0 Å². The largest absolute Gasteiger partial charge is 0.479 e. The van der Waals surface area contributed by atoms with Gasteiger partial charge in [0.1, 0.15) is 12.2 Å². The highest BCUT2D eigenvalue weighted by atomic mass is 16.7. The molecule has 0 bridgehead atoms. The van der Waals surface area contributed by atoms with Crippen molar-refractivity contribution in [3.63, 3.8) is 0 Å². The summed E-state index contributed by atoms with van der Waals surface area (Å²) in [7, 11) is 1.25. The highest BCUT2D eigenvalue weighted by molar-refractivity contribution is 5.73. The molecule has 0 aromatic heterocycles. The van der Waals surface area contributed by atoms with Crippen molar-refractivity contribution in [2.75, 3.05) is 7.11 Å². The average molecular weight is 178 g/mol. The average Bonchev–Trinajstić information content (AvgIpc) is 2.30. The quantitative estimate of drug-likeness (QED) is 0.460. The van der Waals surface area contributed by atoms with Crippen LogP contribution in [0.3, 0.4) is 0 Å². The molecule has 1 saturated heterocycles. The molecule has 0 spiro atoms. The number of ether oxygens (including phenoxy) is 2. The number of hydrogen-bond donors (Lipinski definition) is 3. The summed E-state index contributed by atoms with van der Waals surface area (Å²) in [6.07, 6.45) is -5.23. The Bertz CT molecular complexity index is 181. The molecule has 70 valence electrons. The lowest BCUT2D eigenvalue weighted by Gasteiger charge is -2.11. The van der Waals surface area contributed by atoms with Crippen molar-refractivity contribution in [1.82, 2.24) is 0 Å². The van der Waals surface area contributed by atoms with Crippen molar-refractivity contribution >= 4 is 5.97 Å². The van der Waals surface area contributed by atoms with Crippen LogP contribution in [0.2, 0.25) is 0 Å². The molecule has 1 unspecified atom stereocenters. The molecule has 3 N–H and O–H groups in total. The molecule has 1 heterocycles. The van der Waals surface area contributed by atoms with Gasteiger partial charge in [0.05, 0.1) is 0 Å². The van der Waals surface area contributed by atoms with Crippen LogP contribution in [0.5, 0.6) is 0 Å². The molecular formula is C6H10O6. The zero-order chi connectivity index (χ0) is 9.30. The first-order valence-electron chi connectivity index (χ1n) is 3.35. The first-order valence-corrected chi connectivity index (χ1v) is 3.35. The van der Waals surface area contributed by atoms with E-state index in [2.05, 4.69) is 9.47 Å². The van der Waals surface area contributed by atoms with Crippen LogP contribution >= 0.6 is 0 Å². The van der Waals surface area contributed by atoms with Gasteiger partial charge in [0.15, 0.2) is 12.4 Å². The number of aliphatic carboxylic acids is 1. The second-order valence-electron chi connectivity index (χ2n) is 2.48. The van der Waals surface area contributed by atoms with Crippen LogP contribution in [0, 0.1) is 0 Å². The fourth-order valence-corrected chi connectivity index (χ4v) is 1.04. The van der Waals surface area contributed by atoms with Crippen LogP contribution in [0.25, 0.3) is 0 Å². The lowest BCUT2D eigenvalue weighted by atomic mass is 10.1. The van der Waals surface area contributed by atoms with E-state index >= 15 is 0 Å². The van der Waals surface area contributed by atoms with Crippen LogP contribution in [-0.2, 0) is 14.3 Å². The minimum absolute atomic E-state index is 1.07. The van der Waals surface area contributed by atoms with Crippen molar-refractivity contribution < 1.29 is 29.6 Å². The molecule has 1 rings (SSSR count). The van der Waals surface area contributed by atoms with E-state index in [9.17, 15) is 4.79 Å². The first kappa shape index (κ1) is 9.40. The molecule has 0 saturated carbocycles. The Morgan fingerprint density at radius 3 is 2.25 bits per heavy atom. The van der Waals surface area contributed by atoms with Gasteiger partial charge < -0.3 is 24.8 Å². The fraction of sp³-hybridized carbons (Fsp3) is 0.833. The molecule has 4 atom stereocenters. The van der Waals surface area contributed by atoms with Crippen LogP contribution in [0.4, 0.5) is 0 Å². The maximum atomic E-state index is 10.4. The molecule has 1 fully saturated rings. The molecule has 1 aliphatic heterocycles. The van der Waals surface area contributed by atoms with Crippen LogP contribution in [0.15, 0.2) is 0 Å². The summed E-state index contributed by atoms with van der Waals surface area (Å²) in [4.78, 5) is 10.4. The van der Waals surface area contributed by atoms with Crippen molar-refractivity contribution in [3.05, 3.63) is 0 Å². The van der Waals surface area contributed by atoms with Crippen LogP contribution in [-0.4, -0.2) is 53.0 Å². The highest BCUT2D eigenvalue weighted by Crippen LogP contribution is 2.21. The van der Waals surface area contributed by atoms with E-state index in [1.54, 1.807) is 0 Å². The molecule has 0 aliphatic carbocycles. The second kappa shape index (κ2) is 3.36. The summed E-state index contributed by atoms with van der Waals surface area (Å²) in [5, 5.41) is 26.7. The van der Waals surface area contributed by atoms with Gasteiger partial charge >= 0.3 is 5.97 Å². The number of carboxylic acids is 1. The van der Waals surface area contributed by atoms with Crippen LogP contribution in [0.1, 0.15) is 0 Å². The number of hydrogen-bond acceptors (Lipinski definition) is 5. The van der Waals surface area contributed by atoms with Gasteiger partial charge in [0.25, 0.3) is 0 Å². The third kappa shape index (κ3) is 1.42. The Balaban J connectivity index is 2.66. The van der Waals surface area contributed by atoms with Crippen molar-refractivity contribution in [1.29, 1.82) is 0 Å². The van der Waals surface area contributed by atoms with E-state index in [1.807, 2.05) is 0 Å². The highest BCUT2D eigenvalue weighted by Gasteiger charge is 2.46. The Labute approximate surface area is 68.3 Å². The minimum atomic E-state index is -1.44. The van der Waals surface area contributed by atoms with E-state index < -0.39 is 30.6 Å². The maximum absolute atomic E-state index is 10.4. The van der Waals surface area contributed by atoms with E-state index in [-0.39, 0.29) is 0 Å². The molecule has 12 heavy (non-hydrogen) atoms. The smallest absolute Gasteiger partial charge is 0.335 e. The summed E-state index contributed by atoms with van der Waals surface area (Å²) in [5.74, 6) is -1.32. The Kier molecular flexibility index (Phi) is 2.63. The van der Waals surface area contributed by atoms with Gasteiger partial charge in [0, 0.05) is 7.11 Å². The topological polar surface area (TPSA) is 96.2 Å². The Morgan fingerprint density at radius 1 is 1.42 bits per heavy atom. The normalized spacial score (nSPS) is 41.6. The summed E-state index contributed by atoms with van der Waals surface area (Å²) in [6.45, 7) is 0. The molecule has 0 amide bonds. The van der Waals surface area contributed by atoms with Gasteiger partial charge in [-0.3, -0.25) is 0 Å². The number of aliphatic hydroxyl groups is 2. The summed E-state index contributed by atoms with van der Waals surface area (Å²) in [5.41, 5.74) is 0. The van der Waals surface area contributed by atoms with E-state index in [1.165, 1.54) is 7.11 Å². The van der Waals surface area contributed by atoms with Gasteiger partial charge in [-0.2, -0.15) is 0 Å². The standard InChI is InChI=1S/C6H10O6/c1-11-6-3(8)2(7)4(12-6)5(9)10/h2-4,6-8H,1H3,(H,9,10)/t2-,3-,4+,6?/m1/s1. The van der Waals surface area contributed by atoms with Crippen molar-refractivity contribution in [2.45, 2.75) is 24.6 Å².